The van der Waals surface area contributed by atoms with Crippen LogP contribution in [0.5, 0.6) is 0 Å². The Morgan fingerprint density at radius 2 is 2.33 bits per heavy atom. The number of hydrogen-bond acceptors (Lipinski definition) is 2. The van der Waals surface area contributed by atoms with Gasteiger partial charge in [-0.3, -0.25) is 4.79 Å². The molecule has 0 bridgehead atoms. The first-order chi connectivity index (χ1) is 7.17. The molecule has 3 nitrogen and oxygen atoms in total. The SMILES string of the molecule is CCc1ccc(C(=O)NC(C)CCCl)o1. The fraction of sp³-hybridized carbons (Fsp3) is 0.545. The summed E-state index contributed by atoms with van der Waals surface area (Å²) in [5.74, 6) is 1.56. The van der Waals surface area contributed by atoms with Crippen molar-refractivity contribution in [1.82, 2.24) is 5.32 Å². The molecule has 15 heavy (non-hydrogen) atoms. The van der Waals surface area contributed by atoms with Gasteiger partial charge in [-0.25, -0.2) is 0 Å². The van der Waals surface area contributed by atoms with Gasteiger partial charge in [-0.05, 0) is 25.5 Å². The van der Waals surface area contributed by atoms with Crippen molar-refractivity contribution in [3.63, 3.8) is 0 Å². The summed E-state index contributed by atoms with van der Waals surface area (Å²) in [7, 11) is 0. The van der Waals surface area contributed by atoms with Crippen molar-refractivity contribution in [3.8, 4) is 0 Å². The highest BCUT2D eigenvalue weighted by molar-refractivity contribution is 6.17. The number of amides is 1. The van der Waals surface area contributed by atoms with Gasteiger partial charge in [0.1, 0.15) is 5.76 Å². The largest absolute Gasteiger partial charge is 0.456 e. The second-order valence-corrected chi connectivity index (χ2v) is 3.85. The van der Waals surface area contributed by atoms with Crippen LogP contribution in [0, 0.1) is 0 Å². The van der Waals surface area contributed by atoms with Crippen LogP contribution in [-0.2, 0) is 6.42 Å². The number of alkyl halides is 1. The molecule has 1 N–H and O–H groups in total. The van der Waals surface area contributed by atoms with Crippen LogP contribution < -0.4 is 5.32 Å². The molecular weight excluding hydrogens is 214 g/mol. The smallest absolute Gasteiger partial charge is 0.287 e. The fourth-order valence-corrected chi connectivity index (χ4v) is 1.55. The quantitative estimate of drug-likeness (QED) is 0.789. The van der Waals surface area contributed by atoms with Gasteiger partial charge in [-0.1, -0.05) is 6.92 Å². The van der Waals surface area contributed by atoms with Gasteiger partial charge >= 0.3 is 0 Å². The summed E-state index contributed by atoms with van der Waals surface area (Å²) in [6, 6.07) is 3.59. The molecule has 1 atom stereocenters. The molecule has 1 heterocycles. The van der Waals surface area contributed by atoms with Gasteiger partial charge in [0.05, 0.1) is 0 Å². The number of furan rings is 1. The molecule has 0 saturated carbocycles. The van der Waals surface area contributed by atoms with E-state index in [1.54, 1.807) is 6.07 Å². The van der Waals surface area contributed by atoms with Crippen molar-refractivity contribution < 1.29 is 9.21 Å². The van der Waals surface area contributed by atoms with E-state index in [0.29, 0.717) is 11.6 Å². The van der Waals surface area contributed by atoms with Crippen molar-refractivity contribution in [3.05, 3.63) is 23.7 Å². The van der Waals surface area contributed by atoms with Crippen molar-refractivity contribution in [2.24, 2.45) is 0 Å². The molecule has 0 aromatic carbocycles. The Hall–Kier alpha value is -0.960. The fourth-order valence-electron chi connectivity index (χ4n) is 1.22. The van der Waals surface area contributed by atoms with Crippen molar-refractivity contribution >= 4 is 17.5 Å². The summed E-state index contributed by atoms with van der Waals surface area (Å²) in [6.07, 6.45) is 1.55. The van der Waals surface area contributed by atoms with E-state index in [9.17, 15) is 4.79 Å². The molecular formula is C11H16ClNO2. The standard InChI is InChI=1S/C11H16ClNO2/c1-3-9-4-5-10(15-9)11(14)13-8(2)6-7-12/h4-5,8H,3,6-7H2,1-2H3,(H,13,14). The third-order valence-electron chi connectivity index (χ3n) is 2.15. The minimum absolute atomic E-state index is 0.0742. The first kappa shape index (κ1) is 12.1. The molecule has 0 saturated heterocycles. The molecule has 0 fully saturated rings. The number of hydrogen-bond donors (Lipinski definition) is 1. The van der Waals surface area contributed by atoms with E-state index in [0.717, 1.165) is 18.6 Å². The lowest BCUT2D eigenvalue weighted by atomic mass is 10.2. The summed E-state index contributed by atoms with van der Waals surface area (Å²) < 4.78 is 5.33. The van der Waals surface area contributed by atoms with Crippen molar-refractivity contribution in [2.75, 3.05) is 5.88 Å². The molecule has 1 aromatic rings. The molecule has 1 rings (SSSR count). The first-order valence-corrected chi connectivity index (χ1v) is 5.66. The summed E-state index contributed by atoms with van der Waals surface area (Å²) in [5.41, 5.74) is 0. The molecule has 0 aliphatic carbocycles. The second kappa shape index (κ2) is 5.81. The van der Waals surface area contributed by atoms with Crippen LogP contribution in [0.1, 0.15) is 36.6 Å². The number of carbonyl (C=O) groups excluding carboxylic acids is 1. The molecule has 0 radical (unpaired) electrons. The van der Waals surface area contributed by atoms with E-state index in [2.05, 4.69) is 5.32 Å². The van der Waals surface area contributed by atoms with Crippen LogP contribution >= 0.6 is 11.6 Å². The van der Waals surface area contributed by atoms with Gasteiger partial charge < -0.3 is 9.73 Å². The Labute approximate surface area is 94.8 Å². The van der Waals surface area contributed by atoms with Gasteiger partial charge in [-0.15, -0.1) is 11.6 Å². The average Bonchev–Trinajstić information content (AvgIpc) is 2.66. The maximum absolute atomic E-state index is 11.6. The van der Waals surface area contributed by atoms with Gasteiger partial charge in [0.25, 0.3) is 5.91 Å². The zero-order valence-corrected chi connectivity index (χ0v) is 9.80. The van der Waals surface area contributed by atoms with E-state index >= 15 is 0 Å². The van der Waals surface area contributed by atoms with Crippen LogP contribution in [0.2, 0.25) is 0 Å². The predicted octanol–water partition coefficient (Wildman–Crippen LogP) is 2.59. The Morgan fingerprint density at radius 1 is 1.60 bits per heavy atom. The van der Waals surface area contributed by atoms with E-state index in [-0.39, 0.29) is 11.9 Å². The van der Waals surface area contributed by atoms with Crippen LogP contribution in [0.4, 0.5) is 0 Å². The number of rotatable bonds is 5. The third-order valence-corrected chi connectivity index (χ3v) is 2.37. The maximum atomic E-state index is 11.6. The Kier molecular flexibility index (Phi) is 4.69. The van der Waals surface area contributed by atoms with Crippen molar-refractivity contribution in [1.29, 1.82) is 0 Å². The van der Waals surface area contributed by atoms with Crippen LogP contribution in [-0.4, -0.2) is 17.8 Å². The topological polar surface area (TPSA) is 42.2 Å². The third kappa shape index (κ3) is 3.59. The zero-order valence-electron chi connectivity index (χ0n) is 9.05. The minimum atomic E-state index is -0.174. The summed E-state index contributed by atoms with van der Waals surface area (Å²) >= 11 is 5.58. The normalized spacial score (nSPS) is 12.5. The maximum Gasteiger partial charge on any atom is 0.287 e. The van der Waals surface area contributed by atoms with E-state index < -0.39 is 0 Å². The summed E-state index contributed by atoms with van der Waals surface area (Å²) in [6.45, 7) is 3.90. The number of nitrogens with one attached hydrogen (secondary N) is 1. The molecule has 0 spiro atoms. The van der Waals surface area contributed by atoms with Gasteiger partial charge in [0.2, 0.25) is 0 Å². The Morgan fingerprint density at radius 3 is 2.87 bits per heavy atom. The number of carbonyl (C=O) groups is 1. The minimum Gasteiger partial charge on any atom is -0.456 e. The second-order valence-electron chi connectivity index (χ2n) is 3.47. The number of halogens is 1. The monoisotopic (exact) mass is 229 g/mol. The highest BCUT2D eigenvalue weighted by Crippen LogP contribution is 2.08. The molecule has 1 aromatic heterocycles. The van der Waals surface area contributed by atoms with Gasteiger partial charge in [-0.2, -0.15) is 0 Å². The number of aryl methyl sites for hydroxylation is 1. The summed E-state index contributed by atoms with van der Waals surface area (Å²) in [5, 5.41) is 2.82. The first-order valence-electron chi connectivity index (χ1n) is 5.13. The lowest BCUT2D eigenvalue weighted by Crippen LogP contribution is -2.32. The zero-order chi connectivity index (χ0) is 11.3. The van der Waals surface area contributed by atoms with E-state index in [4.69, 9.17) is 16.0 Å². The van der Waals surface area contributed by atoms with Crippen molar-refractivity contribution in [2.45, 2.75) is 32.7 Å². The Bertz CT molecular complexity index is 322. The molecule has 4 heteroatoms. The van der Waals surface area contributed by atoms with Gasteiger partial charge in [0.15, 0.2) is 5.76 Å². The Balaban J connectivity index is 2.53. The van der Waals surface area contributed by atoms with Gasteiger partial charge in [0, 0.05) is 18.3 Å². The average molecular weight is 230 g/mol. The summed E-state index contributed by atoms with van der Waals surface area (Å²) in [4.78, 5) is 11.6. The molecule has 1 unspecified atom stereocenters. The lowest BCUT2D eigenvalue weighted by molar-refractivity contribution is 0.0910. The predicted molar refractivity (Wildman–Crippen MR) is 60.4 cm³/mol. The van der Waals surface area contributed by atoms with Crippen LogP contribution in [0.3, 0.4) is 0 Å². The molecule has 0 aliphatic rings. The molecule has 0 aliphatic heterocycles. The van der Waals surface area contributed by atoms with Crippen LogP contribution in [0.15, 0.2) is 16.5 Å². The molecule has 1 amide bonds. The van der Waals surface area contributed by atoms with E-state index in [1.807, 2.05) is 19.9 Å². The lowest BCUT2D eigenvalue weighted by Gasteiger charge is -2.10. The van der Waals surface area contributed by atoms with Crippen LogP contribution in [0.25, 0.3) is 0 Å². The highest BCUT2D eigenvalue weighted by atomic mass is 35.5. The molecule has 84 valence electrons. The van der Waals surface area contributed by atoms with E-state index in [1.165, 1.54) is 0 Å². The highest BCUT2D eigenvalue weighted by Gasteiger charge is 2.12.